The summed E-state index contributed by atoms with van der Waals surface area (Å²) in [7, 11) is 0.00142. The Kier molecular flexibility index (Phi) is 5.25. The molecular weight excluding hydrogens is 320 g/mol. The summed E-state index contributed by atoms with van der Waals surface area (Å²) in [5, 5.41) is 4.06. The Hall–Kier alpha value is -2.09. The van der Waals surface area contributed by atoms with Crippen molar-refractivity contribution in [3.05, 3.63) is 23.8 Å². The van der Waals surface area contributed by atoms with Crippen LogP contribution in [0.4, 0.5) is 0 Å². The van der Waals surface area contributed by atoms with Gasteiger partial charge in [-0.15, -0.1) is 0 Å². The van der Waals surface area contributed by atoms with E-state index in [4.69, 9.17) is 9.47 Å². The van der Waals surface area contributed by atoms with Crippen LogP contribution in [0.3, 0.4) is 0 Å². The minimum absolute atomic E-state index is 0.0531. The summed E-state index contributed by atoms with van der Waals surface area (Å²) in [5.41, 5.74) is 3.66. The van der Waals surface area contributed by atoms with E-state index in [-0.39, 0.29) is 17.4 Å². The van der Waals surface area contributed by atoms with Gasteiger partial charge in [0.15, 0.2) is 9.84 Å². The van der Waals surface area contributed by atoms with Gasteiger partial charge in [-0.1, -0.05) is 0 Å². The van der Waals surface area contributed by atoms with Crippen LogP contribution in [0, 0.1) is 5.92 Å². The molecule has 1 aromatic carbocycles. The number of sulfone groups is 1. The van der Waals surface area contributed by atoms with Crippen LogP contribution < -0.4 is 14.9 Å². The van der Waals surface area contributed by atoms with E-state index in [9.17, 15) is 13.2 Å². The van der Waals surface area contributed by atoms with Gasteiger partial charge in [0.2, 0.25) is 5.91 Å². The smallest absolute Gasteiger partial charge is 0.244 e. The van der Waals surface area contributed by atoms with Gasteiger partial charge in [0, 0.05) is 5.56 Å². The first-order valence-electron chi connectivity index (χ1n) is 7.13. The number of carbonyl (C=O) groups is 1. The van der Waals surface area contributed by atoms with Gasteiger partial charge < -0.3 is 9.47 Å². The van der Waals surface area contributed by atoms with Gasteiger partial charge in [-0.05, 0) is 31.5 Å². The predicted molar refractivity (Wildman–Crippen MR) is 86.7 cm³/mol. The van der Waals surface area contributed by atoms with Gasteiger partial charge in [0.1, 0.15) is 11.5 Å². The number of hydrazone groups is 1. The summed E-state index contributed by atoms with van der Waals surface area (Å²) in [6, 6.07) is 5.26. The fourth-order valence-electron chi connectivity index (χ4n) is 2.39. The summed E-state index contributed by atoms with van der Waals surface area (Å²) in [6.07, 6.45) is 0.339. The number of methoxy groups -OCH3 is 2. The maximum atomic E-state index is 12.0. The van der Waals surface area contributed by atoms with E-state index in [2.05, 4.69) is 10.5 Å². The molecule has 0 spiro atoms. The third-order valence-corrected chi connectivity index (χ3v) is 5.50. The Morgan fingerprint density at radius 2 is 2.04 bits per heavy atom. The lowest BCUT2D eigenvalue weighted by atomic mass is 10.1. The van der Waals surface area contributed by atoms with Crippen LogP contribution in [0.15, 0.2) is 23.3 Å². The SMILES string of the molecule is COc1ccc(OC)c(/C(C)=N\NC(=O)[C@H]2CCS(=O)(=O)C2)c1. The van der Waals surface area contributed by atoms with Crippen molar-refractivity contribution in [2.75, 3.05) is 25.7 Å². The topological polar surface area (TPSA) is 94.1 Å². The van der Waals surface area contributed by atoms with Crippen LogP contribution in [0.5, 0.6) is 11.5 Å². The molecular formula is C15H20N2O5S. The molecule has 1 aromatic rings. The fourth-order valence-corrected chi connectivity index (χ4v) is 4.13. The first kappa shape index (κ1) is 17.3. The zero-order valence-electron chi connectivity index (χ0n) is 13.3. The number of rotatable bonds is 5. The number of hydrogen-bond acceptors (Lipinski definition) is 6. The first-order valence-corrected chi connectivity index (χ1v) is 8.95. The van der Waals surface area contributed by atoms with Gasteiger partial charge in [-0.2, -0.15) is 5.10 Å². The average molecular weight is 340 g/mol. The maximum absolute atomic E-state index is 12.0. The number of hydrogen-bond donors (Lipinski definition) is 1. The largest absolute Gasteiger partial charge is 0.497 e. The molecule has 126 valence electrons. The third-order valence-electron chi connectivity index (χ3n) is 3.73. The highest BCUT2D eigenvalue weighted by Crippen LogP contribution is 2.24. The Morgan fingerprint density at radius 3 is 2.61 bits per heavy atom. The van der Waals surface area contributed by atoms with Crippen molar-refractivity contribution >= 4 is 21.5 Å². The molecule has 23 heavy (non-hydrogen) atoms. The first-order chi connectivity index (χ1) is 10.9. The second-order valence-electron chi connectivity index (χ2n) is 5.34. The van der Waals surface area contributed by atoms with E-state index < -0.39 is 15.8 Å². The molecule has 0 saturated carbocycles. The van der Waals surface area contributed by atoms with Crippen molar-refractivity contribution in [2.45, 2.75) is 13.3 Å². The molecule has 0 radical (unpaired) electrons. The summed E-state index contributed by atoms with van der Waals surface area (Å²) >= 11 is 0. The Bertz CT molecular complexity index is 727. The number of amides is 1. The lowest BCUT2D eigenvalue weighted by molar-refractivity contribution is -0.124. The summed E-state index contributed by atoms with van der Waals surface area (Å²) in [5.74, 6) is 0.261. The molecule has 1 N–H and O–H groups in total. The molecule has 0 aromatic heterocycles. The van der Waals surface area contributed by atoms with Crippen LogP contribution >= 0.6 is 0 Å². The number of carbonyl (C=O) groups excluding carboxylic acids is 1. The van der Waals surface area contributed by atoms with Gasteiger partial charge in [-0.3, -0.25) is 4.79 Å². The van der Waals surface area contributed by atoms with Gasteiger partial charge in [-0.25, -0.2) is 13.8 Å². The molecule has 1 amide bonds. The molecule has 1 atom stereocenters. The van der Waals surface area contributed by atoms with Crippen molar-refractivity contribution in [2.24, 2.45) is 11.0 Å². The molecule has 0 unspecified atom stereocenters. The molecule has 1 aliphatic rings. The fraction of sp³-hybridized carbons (Fsp3) is 0.467. The standard InChI is InChI=1S/C15H20N2O5S/c1-10(13-8-12(21-2)4-5-14(13)22-3)16-17-15(18)11-6-7-23(19,20)9-11/h4-5,8,11H,6-7,9H2,1-3H3,(H,17,18)/b16-10-/t11-/m0/s1. The van der Waals surface area contributed by atoms with Crippen LogP contribution in [-0.4, -0.2) is 45.8 Å². The number of nitrogens with zero attached hydrogens (tertiary/aromatic N) is 1. The monoisotopic (exact) mass is 340 g/mol. The van der Waals surface area contributed by atoms with E-state index in [1.807, 2.05) is 0 Å². The van der Waals surface area contributed by atoms with Crippen molar-refractivity contribution < 1.29 is 22.7 Å². The van der Waals surface area contributed by atoms with Crippen LogP contribution in [0.2, 0.25) is 0 Å². The second kappa shape index (κ2) is 6.99. The highest BCUT2D eigenvalue weighted by Gasteiger charge is 2.32. The lowest BCUT2D eigenvalue weighted by Crippen LogP contribution is -2.28. The molecule has 1 fully saturated rings. The zero-order valence-corrected chi connectivity index (χ0v) is 14.1. The molecule has 0 aliphatic carbocycles. The molecule has 8 heteroatoms. The van der Waals surface area contributed by atoms with Crippen molar-refractivity contribution in [1.82, 2.24) is 5.43 Å². The van der Waals surface area contributed by atoms with Gasteiger partial charge >= 0.3 is 0 Å². The van der Waals surface area contributed by atoms with E-state index >= 15 is 0 Å². The normalized spacial score (nSPS) is 20.1. The minimum atomic E-state index is -3.10. The number of nitrogens with one attached hydrogen (secondary N) is 1. The Balaban J connectivity index is 2.12. The summed E-state index contributed by atoms with van der Waals surface area (Å²) in [4.78, 5) is 12.0. The van der Waals surface area contributed by atoms with E-state index in [0.29, 0.717) is 29.2 Å². The molecule has 1 heterocycles. The molecule has 0 bridgehead atoms. The minimum Gasteiger partial charge on any atom is -0.497 e. The highest BCUT2D eigenvalue weighted by molar-refractivity contribution is 7.91. The molecule has 2 rings (SSSR count). The summed E-state index contributed by atoms with van der Waals surface area (Å²) < 4.78 is 33.3. The zero-order chi connectivity index (χ0) is 17.0. The van der Waals surface area contributed by atoms with Crippen molar-refractivity contribution in [3.63, 3.8) is 0 Å². The van der Waals surface area contributed by atoms with E-state index in [1.165, 1.54) is 0 Å². The van der Waals surface area contributed by atoms with E-state index in [0.717, 1.165) is 0 Å². The second-order valence-corrected chi connectivity index (χ2v) is 7.57. The average Bonchev–Trinajstić information content (AvgIpc) is 2.91. The summed E-state index contributed by atoms with van der Waals surface area (Å²) in [6.45, 7) is 1.73. The Labute approximate surface area is 135 Å². The lowest BCUT2D eigenvalue weighted by Gasteiger charge is -2.11. The van der Waals surface area contributed by atoms with Crippen LogP contribution in [0.25, 0.3) is 0 Å². The van der Waals surface area contributed by atoms with Crippen LogP contribution in [-0.2, 0) is 14.6 Å². The third kappa shape index (κ3) is 4.22. The van der Waals surface area contributed by atoms with Crippen molar-refractivity contribution in [3.8, 4) is 11.5 Å². The number of benzene rings is 1. The van der Waals surface area contributed by atoms with Crippen molar-refractivity contribution in [1.29, 1.82) is 0 Å². The quantitative estimate of drug-likeness (QED) is 0.637. The highest BCUT2D eigenvalue weighted by atomic mass is 32.2. The molecule has 7 nitrogen and oxygen atoms in total. The van der Waals surface area contributed by atoms with E-state index in [1.54, 1.807) is 39.3 Å². The van der Waals surface area contributed by atoms with Gasteiger partial charge in [0.05, 0.1) is 37.4 Å². The number of ether oxygens (including phenoxy) is 2. The molecule has 1 aliphatic heterocycles. The Morgan fingerprint density at radius 1 is 1.30 bits per heavy atom. The predicted octanol–water partition coefficient (Wildman–Crippen LogP) is 0.979. The molecule has 1 saturated heterocycles. The van der Waals surface area contributed by atoms with Gasteiger partial charge in [0.25, 0.3) is 0 Å². The maximum Gasteiger partial charge on any atom is 0.244 e. The van der Waals surface area contributed by atoms with Crippen LogP contribution in [0.1, 0.15) is 18.9 Å².